The van der Waals surface area contributed by atoms with E-state index in [0.29, 0.717) is 34.0 Å². The van der Waals surface area contributed by atoms with Gasteiger partial charge >= 0.3 is 6.03 Å². The molecule has 0 aliphatic rings. The van der Waals surface area contributed by atoms with Crippen molar-refractivity contribution in [2.24, 2.45) is 0 Å². The quantitative estimate of drug-likeness (QED) is 0.497. The van der Waals surface area contributed by atoms with Crippen LogP contribution in [0.25, 0.3) is 10.9 Å². The standard InChI is InChI=1S/C22H24ClN5O3/c1-2-12-28(14-19-26-18-13-15(23)8-9-17(18)21(30)27-19)20(29)10-11-24-22(31)25-16-6-4-3-5-7-16/h3-9,13H,2,10-12,14H2,1H3,(H2,24,25,31)(H,26,27,30). The highest BCUT2D eigenvalue weighted by Crippen LogP contribution is 2.15. The van der Waals surface area contributed by atoms with Gasteiger partial charge in [0.25, 0.3) is 5.56 Å². The number of hydrogen-bond donors (Lipinski definition) is 3. The molecule has 3 rings (SSSR count). The van der Waals surface area contributed by atoms with Crippen molar-refractivity contribution in [2.75, 3.05) is 18.4 Å². The van der Waals surface area contributed by atoms with Crippen LogP contribution < -0.4 is 16.2 Å². The number of benzene rings is 2. The minimum absolute atomic E-state index is 0.131. The normalized spacial score (nSPS) is 10.6. The molecule has 9 heteroatoms. The van der Waals surface area contributed by atoms with Crippen LogP contribution in [0.5, 0.6) is 0 Å². The fraction of sp³-hybridized carbons (Fsp3) is 0.273. The average Bonchev–Trinajstić information content (AvgIpc) is 2.73. The van der Waals surface area contributed by atoms with E-state index in [0.717, 1.165) is 6.42 Å². The minimum Gasteiger partial charge on any atom is -0.337 e. The van der Waals surface area contributed by atoms with Gasteiger partial charge in [-0.05, 0) is 36.8 Å². The lowest BCUT2D eigenvalue weighted by Crippen LogP contribution is -2.36. The number of anilines is 1. The molecule has 1 heterocycles. The Balaban J connectivity index is 1.59. The number of para-hydroxylation sites is 1. The maximum atomic E-state index is 12.7. The maximum Gasteiger partial charge on any atom is 0.319 e. The molecule has 0 saturated heterocycles. The highest BCUT2D eigenvalue weighted by Gasteiger charge is 2.16. The van der Waals surface area contributed by atoms with Crippen LogP contribution in [0.4, 0.5) is 10.5 Å². The number of nitrogens with one attached hydrogen (secondary N) is 3. The van der Waals surface area contributed by atoms with Crippen molar-refractivity contribution < 1.29 is 9.59 Å². The first-order chi connectivity index (χ1) is 15.0. The number of nitrogens with zero attached hydrogens (tertiary/aromatic N) is 2. The van der Waals surface area contributed by atoms with Crippen molar-refractivity contribution in [1.29, 1.82) is 0 Å². The van der Waals surface area contributed by atoms with Gasteiger partial charge in [-0.15, -0.1) is 0 Å². The summed E-state index contributed by atoms with van der Waals surface area (Å²) in [6.07, 6.45) is 0.878. The van der Waals surface area contributed by atoms with Crippen molar-refractivity contribution >= 4 is 40.1 Å². The molecule has 0 saturated carbocycles. The van der Waals surface area contributed by atoms with Crippen LogP contribution in [0.15, 0.2) is 53.3 Å². The number of aromatic nitrogens is 2. The smallest absolute Gasteiger partial charge is 0.319 e. The van der Waals surface area contributed by atoms with Crippen molar-refractivity contribution in [1.82, 2.24) is 20.2 Å². The first-order valence-corrected chi connectivity index (χ1v) is 10.4. The number of urea groups is 1. The van der Waals surface area contributed by atoms with Gasteiger partial charge in [0, 0.05) is 30.2 Å². The number of hydrogen-bond acceptors (Lipinski definition) is 4. The van der Waals surface area contributed by atoms with E-state index in [1.807, 2.05) is 25.1 Å². The van der Waals surface area contributed by atoms with Gasteiger partial charge in [0.1, 0.15) is 5.82 Å². The zero-order valence-corrected chi connectivity index (χ0v) is 17.9. The predicted molar refractivity (Wildman–Crippen MR) is 121 cm³/mol. The molecular formula is C22H24ClN5O3. The fourth-order valence-electron chi connectivity index (χ4n) is 3.12. The molecule has 162 valence electrons. The Kier molecular flexibility index (Phi) is 7.61. The van der Waals surface area contributed by atoms with Gasteiger partial charge in [0.05, 0.1) is 17.4 Å². The highest BCUT2D eigenvalue weighted by molar-refractivity contribution is 6.31. The van der Waals surface area contributed by atoms with E-state index in [9.17, 15) is 14.4 Å². The van der Waals surface area contributed by atoms with Crippen molar-refractivity contribution in [3.05, 3.63) is 69.7 Å². The fourth-order valence-corrected chi connectivity index (χ4v) is 3.28. The Bertz CT molecular complexity index is 1120. The summed E-state index contributed by atoms with van der Waals surface area (Å²) in [4.78, 5) is 45.8. The summed E-state index contributed by atoms with van der Waals surface area (Å²) in [6, 6.07) is 13.5. The number of amides is 3. The van der Waals surface area contributed by atoms with Crippen LogP contribution in [0, 0.1) is 0 Å². The highest BCUT2D eigenvalue weighted by atomic mass is 35.5. The van der Waals surface area contributed by atoms with E-state index < -0.39 is 0 Å². The van der Waals surface area contributed by atoms with Crippen LogP contribution in [0.3, 0.4) is 0 Å². The number of fused-ring (bicyclic) bond motifs is 1. The van der Waals surface area contributed by atoms with Gasteiger partial charge in [-0.1, -0.05) is 36.7 Å². The first kappa shape index (κ1) is 22.3. The van der Waals surface area contributed by atoms with E-state index in [4.69, 9.17) is 11.6 Å². The van der Waals surface area contributed by atoms with Crippen molar-refractivity contribution in [3.63, 3.8) is 0 Å². The molecule has 31 heavy (non-hydrogen) atoms. The van der Waals surface area contributed by atoms with Crippen molar-refractivity contribution in [2.45, 2.75) is 26.3 Å². The second-order valence-electron chi connectivity index (χ2n) is 6.99. The Morgan fingerprint density at radius 2 is 1.94 bits per heavy atom. The third kappa shape index (κ3) is 6.29. The molecule has 0 spiro atoms. The number of aromatic amines is 1. The third-order valence-corrected chi connectivity index (χ3v) is 4.80. The van der Waals surface area contributed by atoms with Crippen LogP contribution in [0.2, 0.25) is 5.02 Å². The van der Waals surface area contributed by atoms with Gasteiger partial charge in [-0.2, -0.15) is 0 Å². The van der Waals surface area contributed by atoms with E-state index in [-0.39, 0.29) is 37.0 Å². The minimum atomic E-state index is -0.376. The van der Waals surface area contributed by atoms with Gasteiger partial charge in [-0.3, -0.25) is 9.59 Å². The molecule has 0 radical (unpaired) electrons. The van der Waals surface area contributed by atoms with Crippen LogP contribution in [0.1, 0.15) is 25.6 Å². The van der Waals surface area contributed by atoms with Crippen molar-refractivity contribution in [3.8, 4) is 0 Å². The number of halogens is 1. The molecular weight excluding hydrogens is 418 g/mol. The number of H-pyrrole nitrogens is 1. The molecule has 3 N–H and O–H groups in total. The number of rotatable bonds is 8. The molecule has 0 bridgehead atoms. The Labute approximate surface area is 184 Å². The van der Waals surface area contributed by atoms with Crippen LogP contribution in [-0.4, -0.2) is 39.9 Å². The second kappa shape index (κ2) is 10.6. The number of carbonyl (C=O) groups is 2. The molecule has 0 unspecified atom stereocenters. The number of carbonyl (C=O) groups excluding carboxylic acids is 2. The lowest BCUT2D eigenvalue weighted by molar-refractivity contribution is -0.131. The van der Waals surface area contributed by atoms with Gasteiger partial charge < -0.3 is 20.5 Å². The van der Waals surface area contributed by atoms with E-state index in [2.05, 4.69) is 20.6 Å². The largest absolute Gasteiger partial charge is 0.337 e. The van der Waals surface area contributed by atoms with Gasteiger partial charge in [0.15, 0.2) is 0 Å². The Morgan fingerprint density at radius 3 is 2.68 bits per heavy atom. The van der Waals surface area contributed by atoms with Gasteiger partial charge in [-0.25, -0.2) is 9.78 Å². The van der Waals surface area contributed by atoms with E-state index in [1.54, 1.807) is 35.2 Å². The van der Waals surface area contributed by atoms with E-state index in [1.165, 1.54) is 0 Å². The molecule has 3 amide bonds. The second-order valence-corrected chi connectivity index (χ2v) is 7.42. The summed E-state index contributed by atoms with van der Waals surface area (Å²) in [5.41, 5.74) is 0.875. The Hall–Kier alpha value is -3.39. The Morgan fingerprint density at radius 1 is 1.16 bits per heavy atom. The summed E-state index contributed by atoms with van der Waals surface area (Å²) in [7, 11) is 0. The predicted octanol–water partition coefficient (Wildman–Crippen LogP) is 3.53. The van der Waals surface area contributed by atoms with Crippen LogP contribution >= 0.6 is 11.6 Å². The maximum absolute atomic E-state index is 12.7. The van der Waals surface area contributed by atoms with Gasteiger partial charge in [0.2, 0.25) is 5.91 Å². The summed E-state index contributed by atoms with van der Waals surface area (Å²) >= 11 is 6.01. The lowest BCUT2D eigenvalue weighted by atomic mass is 10.2. The average molecular weight is 442 g/mol. The molecule has 1 aromatic heterocycles. The zero-order valence-electron chi connectivity index (χ0n) is 17.2. The molecule has 8 nitrogen and oxygen atoms in total. The summed E-state index contributed by atoms with van der Waals surface area (Å²) in [5, 5.41) is 6.30. The summed E-state index contributed by atoms with van der Waals surface area (Å²) in [5.74, 6) is 0.243. The van der Waals surface area contributed by atoms with Crippen LogP contribution in [-0.2, 0) is 11.3 Å². The van der Waals surface area contributed by atoms with E-state index >= 15 is 0 Å². The topological polar surface area (TPSA) is 107 Å². The molecule has 3 aromatic rings. The summed E-state index contributed by atoms with van der Waals surface area (Å²) in [6.45, 7) is 2.82. The molecule has 0 aliphatic heterocycles. The molecule has 2 aromatic carbocycles. The SMILES string of the molecule is CCCN(Cc1nc2cc(Cl)ccc2c(=O)[nH]1)C(=O)CCNC(=O)Nc1ccccc1. The monoisotopic (exact) mass is 441 g/mol. The first-order valence-electron chi connectivity index (χ1n) is 10.0. The third-order valence-electron chi connectivity index (χ3n) is 4.56. The zero-order chi connectivity index (χ0) is 22.2. The lowest BCUT2D eigenvalue weighted by Gasteiger charge is -2.22. The molecule has 0 atom stereocenters. The molecule has 0 aliphatic carbocycles. The molecule has 0 fully saturated rings. The summed E-state index contributed by atoms with van der Waals surface area (Å²) < 4.78 is 0.